The molecule has 1 unspecified atom stereocenters. The number of anilines is 1. The first-order valence-electron chi connectivity index (χ1n) is 6.02. The van der Waals surface area contributed by atoms with Gasteiger partial charge in [-0.15, -0.1) is 0 Å². The van der Waals surface area contributed by atoms with E-state index in [4.69, 9.17) is 26.8 Å². The average Bonchev–Trinajstić information content (AvgIpc) is 2.47. The molecule has 0 saturated heterocycles. The standard InChI is InChI=1S/C15H16ClNO3/c1-19-9-6-7-12(17)11(8-9)15(18)10-4-3-5-13(20-2)14(10)16/h3-8,15,18H,17H2,1-2H3. The van der Waals surface area contributed by atoms with Crippen molar-refractivity contribution in [2.45, 2.75) is 6.10 Å². The second-order valence-corrected chi connectivity index (χ2v) is 4.64. The lowest BCUT2D eigenvalue weighted by molar-refractivity contribution is 0.220. The Hall–Kier alpha value is -1.91. The Kier molecular flexibility index (Phi) is 4.37. The normalized spacial score (nSPS) is 12.0. The third-order valence-electron chi connectivity index (χ3n) is 3.10. The summed E-state index contributed by atoms with van der Waals surface area (Å²) in [6.45, 7) is 0. The zero-order chi connectivity index (χ0) is 14.7. The van der Waals surface area contributed by atoms with E-state index < -0.39 is 6.10 Å². The fourth-order valence-electron chi connectivity index (χ4n) is 1.98. The van der Waals surface area contributed by atoms with Crippen LogP contribution in [0.15, 0.2) is 36.4 Å². The average molecular weight is 294 g/mol. The summed E-state index contributed by atoms with van der Waals surface area (Å²) in [6.07, 6.45) is -0.951. The molecule has 0 aliphatic carbocycles. The summed E-state index contributed by atoms with van der Waals surface area (Å²) in [6, 6.07) is 10.3. The highest BCUT2D eigenvalue weighted by Crippen LogP contribution is 2.37. The number of rotatable bonds is 4. The summed E-state index contributed by atoms with van der Waals surface area (Å²) >= 11 is 6.22. The van der Waals surface area contributed by atoms with Crippen LogP contribution in [-0.4, -0.2) is 19.3 Å². The van der Waals surface area contributed by atoms with Gasteiger partial charge in [0.1, 0.15) is 17.6 Å². The lowest BCUT2D eigenvalue weighted by atomic mass is 9.99. The van der Waals surface area contributed by atoms with Crippen LogP contribution < -0.4 is 15.2 Å². The van der Waals surface area contributed by atoms with Crippen molar-refractivity contribution in [2.24, 2.45) is 0 Å². The van der Waals surface area contributed by atoms with Gasteiger partial charge in [-0.1, -0.05) is 23.7 Å². The van der Waals surface area contributed by atoms with E-state index in [1.165, 1.54) is 7.11 Å². The number of nitrogens with two attached hydrogens (primary N) is 1. The Morgan fingerprint density at radius 3 is 2.50 bits per heavy atom. The predicted octanol–water partition coefficient (Wildman–Crippen LogP) is 3.02. The van der Waals surface area contributed by atoms with Crippen LogP contribution in [0, 0.1) is 0 Å². The minimum atomic E-state index is -0.951. The molecule has 5 heteroatoms. The van der Waals surface area contributed by atoms with Gasteiger partial charge in [0.15, 0.2) is 0 Å². The number of aliphatic hydroxyl groups is 1. The molecule has 0 spiro atoms. The van der Waals surface area contributed by atoms with E-state index in [2.05, 4.69) is 0 Å². The summed E-state index contributed by atoms with van der Waals surface area (Å²) in [7, 11) is 3.08. The number of halogens is 1. The Bertz CT molecular complexity index is 614. The highest BCUT2D eigenvalue weighted by molar-refractivity contribution is 6.32. The van der Waals surface area contributed by atoms with Gasteiger partial charge in [-0.2, -0.15) is 0 Å². The predicted molar refractivity (Wildman–Crippen MR) is 79.5 cm³/mol. The molecule has 4 nitrogen and oxygen atoms in total. The first-order chi connectivity index (χ1) is 9.58. The first-order valence-corrected chi connectivity index (χ1v) is 6.40. The number of hydrogen-bond donors (Lipinski definition) is 2. The highest BCUT2D eigenvalue weighted by Gasteiger charge is 2.19. The van der Waals surface area contributed by atoms with Crippen LogP contribution in [0.25, 0.3) is 0 Å². The van der Waals surface area contributed by atoms with Crippen LogP contribution in [-0.2, 0) is 0 Å². The van der Waals surface area contributed by atoms with Crippen LogP contribution in [0.4, 0.5) is 5.69 Å². The molecule has 2 rings (SSSR count). The molecule has 0 amide bonds. The molecule has 106 valence electrons. The number of nitrogen functional groups attached to an aromatic ring is 1. The Balaban J connectivity index is 2.48. The van der Waals surface area contributed by atoms with E-state index in [9.17, 15) is 5.11 Å². The van der Waals surface area contributed by atoms with E-state index in [0.717, 1.165) is 0 Å². The highest BCUT2D eigenvalue weighted by atomic mass is 35.5. The van der Waals surface area contributed by atoms with Crippen molar-refractivity contribution in [1.82, 2.24) is 0 Å². The largest absolute Gasteiger partial charge is 0.497 e. The van der Waals surface area contributed by atoms with E-state index in [1.807, 2.05) is 0 Å². The molecule has 2 aromatic rings. The van der Waals surface area contributed by atoms with Gasteiger partial charge < -0.3 is 20.3 Å². The van der Waals surface area contributed by atoms with Crippen molar-refractivity contribution >= 4 is 17.3 Å². The number of methoxy groups -OCH3 is 2. The van der Waals surface area contributed by atoms with Gasteiger partial charge in [-0.3, -0.25) is 0 Å². The van der Waals surface area contributed by atoms with Crippen LogP contribution in [0.3, 0.4) is 0 Å². The van der Waals surface area contributed by atoms with Crippen LogP contribution >= 0.6 is 11.6 Å². The second kappa shape index (κ2) is 6.03. The molecule has 1 atom stereocenters. The lowest BCUT2D eigenvalue weighted by Gasteiger charge is -2.17. The SMILES string of the molecule is COc1ccc(N)c(C(O)c2cccc(OC)c2Cl)c1. The van der Waals surface area contributed by atoms with Crippen LogP contribution in [0.2, 0.25) is 5.02 Å². The third-order valence-corrected chi connectivity index (χ3v) is 3.50. The summed E-state index contributed by atoms with van der Waals surface area (Å²) in [4.78, 5) is 0. The molecule has 0 aromatic heterocycles. The Morgan fingerprint density at radius 2 is 1.85 bits per heavy atom. The molecule has 0 radical (unpaired) electrons. The van der Waals surface area contributed by atoms with E-state index in [-0.39, 0.29) is 0 Å². The maximum absolute atomic E-state index is 10.5. The van der Waals surface area contributed by atoms with E-state index in [0.29, 0.717) is 33.3 Å². The number of hydrogen-bond acceptors (Lipinski definition) is 4. The number of aliphatic hydroxyl groups excluding tert-OH is 1. The second-order valence-electron chi connectivity index (χ2n) is 4.26. The zero-order valence-corrected chi connectivity index (χ0v) is 12.0. The van der Waals surface area contributed by atoms with Crippen molar-refractivity contribution in [3.63, 3.8) is 0 Å². The molecule has 0 aliphatic rings. The molecule has 3 N–H and O–H groups in total. The van der Waals surface area contributed by atoms with Gasteiger partial charge in [-0.25, -0.2) is 0 Å². The van der Waals surface area contributed by atoms with Gasteiger partial charge in [0.05, 0.1) is 19.2 Å². The summed E-state index contributed by atoms with van der Waals surface area (Å²) < 4.78 is 10.3. The van der Waals surface area contributed by atoms with E-state index in [1.54, 1.807) is 43.5 Å². The van der Waals surface area contributed by atoms with Gasteiger partial charge >= 0.3 is 0 Å². The quantitative estimate of drug-likeness (QED) is 0.851. The van der Waals surface area contributed by atoms with Gasteiger partial charge in [-0.05, 0) is 24.3 Å². The van der Waals surface area contributed by atoms with Crippen molar-refractivity contribution in [3.8, 4) is 11.5 Å². The van der Waals surface area contributed by atoms with Gasteiger partial charge in [0.25, 0.3) is 0 Å². The number of ether oxygens (including phenoxy) is 2. The Morgan fingerprint density at radius 1 is 1.10 bits per heavy atom. The van der Waals surface area contributed by atoms with Crippen molar-refractivity contribution < 1.29 is 14.6 Å². The number of benzene rings is 2. The topological polar surface area (TPSA) is 64.7 Å². The van der Waals surface area contributed by atoms with Crippen LogP contribution in [0.5, 0.6) is 11.5 Å². The van der Waals surface area contributed by atoms with Crippen molar-refractivity contribution in [2.75, 3.05) is 20.0 Å². The van der Waals surface area contributed by atoms with Crippen molar-refractivity contribution in [1.29, 1.82) is 0 Å². The zero-order valence-electron chi connectivity index (χ0n) is 11.3. The maximum Gasteiger partial charge on any atom is 0.137 e. The molecule has 0 bridgehead atoms. The molecule has 0 heterocycles. The first kappa shape index (κ1) is 14.5. The van der Waals surface area contributed by atoms with Crippen molar-refractivity contribution in [3.05, 3.63) is 52.5 Å². The molecule has 2 aromatic carbocycles. The minimum Gasteiger partial charge on any atom is -0.497 e. The molecular formula is C15H16ClNO3. The molecule has 0 fully saturated rings. The lowest BCUT2D eigenvalue weighted by Crippen LogP contribution is -2.05. The molecular weight excluding hydrogens is 278 g/mol. The fourth-order valence-corrected chi connectivity index (χ4v) is 2.29. The molecule has 0 aliphatic heterocycles. The Labute approximate surface area is 122 Å². The van der Waals surface area contributed by atoms with E-state index >= 15 is 0 Å². The van der Waals surface area contributed by atoms with Gasteiger partial charge in [0, 0.05) is 16.8 Å². The summed E-state index contributed by atoms with van der Waals surface area (Å²) in [5, 5.41) is 10.9. The smallest absolute Gasteiger partial charge is 0.137 e. The third kappa shape index (κ3) is 2.66. The van der Waals surface area contributed by atoms with Crippen LogP contribution in [0.1, 0.15) is 17.2 Å². The minimum absolute atomic E-state index is 0.365. The monoisotopic (exact) mass is 293 g/mol. The molecule has 20 heavy (non-hydrogen) atoms. The maximum atomic E-state index is 10.5. The summed E-state index contributed by atoms with van der Waals surface area (Å²) in [5.74, 6) is 1.12. The fraction of sp³-hybridized carbons (Fsp3) is 0.200. The molecule has 0 saturated carbocycles. The summed E-state index contributed by atoms with van der Waals surface area (Å²) in [5.41, 5.74) is 7.46. The van der Waals surface area contributed by atoms with Gasteiger partial charge in [0.2, 0.25) is 0 Å².